The van der Waals surface area contributed by atoms with Gasteiger partial charge in [-0.1, -0.05) is 23.8 Å². The second-order valence-corrected chi connectivity index (χ2v) is 8.50. The summed E-state index contributed by atoms with van der Waals surface area (Å²) in [6.45, 7) is 5.83. The van der Waals surface area contributed by atoms with Gasteiger partial charge in [0.05, 0.1) is 32.6 Å². The van der Waals surface area contributed by atoms with Crippen molar-refractivity contribution in [1.29, 1.82) is 0 Å². The molecule has 0 aliphatic carbocycles. The Balaban J connectivity index is 1.71. The van der Waals surface area contributed by atoms with Gasteiger partial charge in [-0.3, -0.25) is 9.59 Å². The molecule has 0 bridgehead atoms. The number of ether oxygens (including phenoxy) is 4. The van der Waals surface area contributed by atoms with Gasteiger partial charge in [0, 0.05) is 5.56 Å². The zero-order chi connectivity index (χ0) is 25.8. The first kappa shape index (κ1) is 24.9. The van der Waals surface area contributed by atoms with Crippen LogP contribution in [0.5, 0.6) is 23.0 Å². The van der Waals surface area contributed by atoms with E-state index in [9.17, 15) is 9.59 Å². The lowest BCUT2D eigenvalue weighted by Gasteiger charge is -2.14. The fourth-order valence-corrected chi connectivity index (χ4v) is 3.98. The van der Waals surface area contributed by atoms with Gasteiger partial charge in [-0.05, 0) is 68.3 Å². The molecule has 1 aromatic heterocycles. The Morgan fingerprint density at radius 3 is 2.28 bits per heavy atom. The lowest BCUT2D eigenvalue weighted by atomic mass is 10.0. The highest BCUT2D eigenvalue weighted by Crippen LogP contribution is 2.37. The van der Waals surface area contributed by atoms with Crippen LogP contribution in [0, 0.1) is 20.8 Å². The lowest BCUT2D eigenvalue weighted by Crippen LogP contribution is -2.18. The Morgan fingerprint density at radius 1 is 0.861 bits per heavy atom. The SMILES string of the molecule is COc1ccc(-c2oc3cc(C)cc(C)c3c(=O)c2OC(=O)CCOc2ccc(C)cc2)cc1OC. The van der Waals surface area contributed by atoms with Crippen LogP contribution in [-0.4, -0.2) is 26.8 Å². The highest BCUT2D eigenvalue weighted by atomic mass is 16.5. The molecule has 7 nitrogen and oxygen atoms in total. The van der Waals surface area contributed by atoms with Crippen molar-refractivity contribution in [3.8, 4) is 34.3 Å². The van der Waals surface area contributed by atoms with E-state index < -0.39 is 11.4 Å². The van der Waals surface area contributed by atoms with Crippen LogP contribution >= 0.6 is 0 Å². The number of hydrogen-bond donors (Lipinski definition) is 0. The molecule has 7 heteroatoms. The number of esters is 1. The number of benzene rings is 3. The summed E-state index contributed by atoms with van der Waals surface area (Å²) in [5.41, 5.74) is 3.27. The van der Waals surface area contributed by atoms with Crippen molar-refractivity contribution in [3.63, 3.8) is 0 Å². The molecule has 0 aliphatic heterocycles. The van der Waals surface area contributed by atoms with Crippen molar-refractivity contribution in [3.05, 3.63) is 81.5 Å². The predicted molar refractivity (Wildman–Crippen MR) is 137 cm³/mol. The highest BCUT2D eigenvalue weighted by molar-refractivity contribution is 5.87. The quantitative estimate of drug-likeness (QED) is 0.291. The summed E-state index contributed by atoms with van der Waals surface area (Å²) in [4.78, 5) is 26.3. The van der Waals surface area contributed by atoms with E-state index in [0.29, 0.717) is 33.8 Å². The van der Waals surface area contributed by atoms with E-state index in [-0.39, 0.29) is 24.5 Å². The van der Waals surface area contributed by atoms with Gasteiger partial charge in [0.1, 0.15) is 11.3 Å². The average molecular weight is 489 g/mol. The molecule has 3 aromatic carbocycles. The third-order valence-electron chi connectivity index (χ3n) is 5.75. The minimum Gasteiger partial charge on any atom is -0.493 e. The molecule has 0 unspecified atom stereocenters. The summed E-state index contributed by atoms with van der Waals surface area (Å²) in [6, 6.07) is 16.3. The van der Waals surface area contributed by atoms with E-state index in [1.807, 2.05) is 51.1 Å². The Kier molecular flexibility index (Phi) is 7.29. The van der Waals surface area contributed by atoms with E-state index in [0.717, 1.165) is 16.7 Å². The Labute approximate surface area is 209 Å². The Morgan fingerprint density at radius 2 is 1.58 bits per heavy atom. The third kappa shape index (κ3) is 5.20. The molecule has 0 N–H and O–H groups in total. The Bertz CT molecular complexity index is 1470. The first-order chi connectivity index (χ1) is 17.3. The highest BCUT2D eigenvalue weighted by Gasteiger charge is 2.23. The summed E-state index contributed by atoms with van der Waals surface area (Å²) in [6.07, 6.45) is -0.0520. The predicted octanol–water partition coefficient (Wildman–Crippen LogP) is 5.78. The molecule has 4 rings (SSSR count). The molecule has 0 atom stereocenters. The second-order valence-electron chi connectivity index (χ2n) is 8.50. The molecule has 0 amide bonds. The van der Waals surface area contributed by atoms with Crippen molar-refractivity contribution in [2.24, 2.45) is 0 Å². The molecule has 0 fully saturated rings. The Hall–Kier alpha value is -4.26. The molecule has 36 heavy (non-hydrogen) atoms. The van der Waals surface area contributed by atoms with Crippen LogP contribution in [0.4, 0.5) is 0 Å². The maximum atomic E-state index is 13.6. The van der Waals surface area contributed by atoms with Gasteiger partial charge in [0.15, 0.2) is 17.3 Å². The van der Waals surface area contributed by atoms with Crippen molar-refractivity contribution < 1.29 is 28.2 Å². The zero-order valence-electron chi connectivity index (χ0n) is 21.0. The molecule has 1 heterocycles. The average Bonchev–Trinajstić information content (AvgIpc) is 2.86. The second kappa shape index (κ2) is 10.6. The topological polar surface area (TPSA) is 84.2 Å². The molecule has 4 aromatic rings. The third-order valence-corrected chi connectivity index (χ3v) is 5.75. The van der Waals surface area contributed by atoms with Crippen LogP contribution in [0.25, 0.3) is 22.3 Å². The first-order valence-corrected chi connectivity index (χ1v) is 11.5. The van der Waals surface area contributed by atoms with Crippen molar-refractivity contribution >= 4 is 16.9 Å². The largest absolute Gasteiger partial charge is 0.493 e. The van der Waals surface area contributed by atoms with Crippen LogP contribution in [0.15, 0.2) is 63.8 Å². The molecule has 0 radical (unpaired) electrons. The summed E-state index contributed by atoms with van der Waals surface area (Å²) >= 11 is 0. The van der Waals surface area contributed by atoms with E-state index in [1.165, 1.54) is 14.2 Å². The van der Waals surface area contributed by atoms with Gasteiger partial charge in [-0.2, -0.15) is 0 Å². The van der Waals surface area contributed by atoms with Gasteiger partial charge in [-0.25, -0.2) is 0 Å². The summed E-state index contributed by atoms with van der Waals surface area (Å²) < 4.78 is 28.2. The smallest absolute Gasteiger partial charge is 0.314 e. The van der Waals surface area contributed by atoms with Gasteiger partial charge >= 0.3 is 5.97 Å². The van der Waals surface area contributed by atoms with E-state index >= 15 is 0 Å². The zero-order valence-corrected chi connectivity index (χ0v) is 21.0. The monoisotopic (exact) mass is 488 g/mol. The van der Waals surface area contributed by atoms with Crippen LogP contribution in [0.3, 0.4) is 0 Å². The van der Waals surface area contributed by atoms with E-state index in [1.54, 1.807) is 24.3 Å². The number of carbonyl (C=O) groups excluding carboxylic acids is 1. The number of hydrogen-bond acceptors (Lipinski definition) is 7. The van der Waals surface area contributed by atoms with E-state index in [2.05, 4.69) is 0 Å². The normalized spacial score (nSPS) is 10.8. The number of fused-ring (bicyclic) bond motifs is 1. The fourth-order valence-electron chi connectivity index (χ4n) is 3.98. The molecule has 0 spiro atoms. The van der Waals surface area contributed by atoms with Crippen LogP contribution < -0.4 is 24.4 Å². The van der Waals surface area contributed by atoms with E-state index in [4.69, 9.17) is 23.4 Å². The number of methoxy groups -OCH3 is 2. The van der Waals surface area contributed by atoms with Crippen molar-refractivity contribution in [1.82, 2.24) is 0 Å². The van der Waals surface area contributed by atoms with Crippen molar-refractivity contribution in [2.45, 2.75) is 27.2 Å². The maximum Gasteiger partial charge on any atom is 0.314 e. The summed E-state index contributed by atoms with van der Waals surface area (Å²) in [7, 11) is 3.05. The van der Waals surface area contributed by atoms with Gasteiger partial charge in [-0.15, -0.1) is 0 Å². The summed E-state index contributed by atoms with van der Waals surface area (Å²) in [5.74, 6) is 0.953. The minimum atomic E-state index is -0.611. The standard InChI is InChI=1S/C29H28O7/c1-17-6-9-21(10-7-17)34-13-12-25(30)36-29-27(31)26-19(3)14-18(2)15-24(26)35-28(29)20-8-11-22(32-4)23(16-20)33-5/h6-11,14-16H,12-13H2,1-5H3. The van der Waals surface area contributed by atoms with Gasteiger partial charge in [0.2, 0.25) is 11.2 Å². The molecular weight excluding hydrogens is 460 g/mol. The van der Waals surface area contributed by atoms with Gasteiger partial charge < -0.3 is 23.4 Å². The minimum absolute atomic E-state index is 0.0520. The molecule has 0 saturated carbocycles. The number of aryl methyl sites for hydroxylation is 3. The lowest BCUT2D eigenvalue weighted by molar-refractivity contribution is -0.135. The van der Waals surface area contributed by atoms with Crippen LogP contribution in [-0.2, 0) is 4.79 Å². The summed E-state index contributed by atoms with van der Waals surface area (Å²) in [5, 5.41) is 0.364. The van der Waals surface area contributed by atoms with Crippen LogP contribution in [0.1, 0.15) is 23.1 Å². The molecule has 0 aliphatic rings. The fraction of sp³-hybridized carbons (Fsp3) is 0.241. The number of carbonyl (C=O) groups is 1. The maximum absolute atomic E-state index is 13.6. The molecular formula is C29H28O7. The van der Waals surface area contributed by atoms with Crippen LogP contribution in [0.2, 0.25) is 0 Å². The molecule has 0 saturated heterocycles. The van der Waals surface area contributed by atoms with Crippen molar-refractivity contribution in [2.75, 3.05) is 20.8 Å². The van der Waals surface area contributed by atoms with Gasteiger partial charge in [0.25, 0.3) is 0 Å². The first-order valence-electron chi connectivity index (χ1n) is 11.5. The number of rotatable bonds is 8. The molecule has 186 valence electrons.